The van der Waals surface area contributed by atoms with Crippen molar-refractivity contribution in [1.82, 2.24) is 10.6 Å². The standard InChI is InChI=1S/C8H17N3O3/c1-5(3-4-12)10-6(2)7(13)11-8(9)14/h5-6,10,12H,3-4H2,1-2H3,(H3,9,11,13,14). The maximum atomic E-state index is 11.2. The number of aliphatic hydroxyl groups excluding tert-OH is 1. The molecule has 82 valence electrons. The number of rotatable bonds is 5. The molecule has 0 heterocycles. The van der Waals surface area contributed by atoms with Crippen LogP contribution in [0.4, 0.5) is 4.79 Å². The molecular weight excluding hydrogens is 186 g/mol. The van der Waals surface area contributed by atoms with E-state index in [1.54, 1.807) is 6.92 Å². The first-order chi connectivity index (χ1) is 6.47. The van der Waals surface area contributed by atoms with Crippen molar-refractivity contribution >= 4 is 11.9 Å². The van der Waals surface area contributed by atoms with E-state index in [4.69, 9.17) is 10.8 Å². The fraction of sp³-hybridized carbons (Fsp3) is 0.750. The average Bonchev–Trinajstić information content (AvgIpc) is 2.02. The van der Waals surface area contributed by atoms with Crippen LogP contribution in [0.25, 0.3) is 0 Å². The van der Waals surface area contributed by atoms with Gasteiger partial charge in [0.05, 0.1) is 6.04 Å². The molecule has 0 saturated heterocycles. The average molecular weight is 203 g/mol. The lowest BCUT2D eigenvalue weighted by Crippen LogP contribution is -2.49. The minimum Gasteiger partial charge on any atom is -0.396 e. The molecule has 0 radical (unpaired) electrons. The number of amides is 3. The van der Waals surface area contributed by atoms with Gasteiger partial charge in [0.1, 0.15) is 0 Å². The summed E-state index contributed by atoms with van der Waals surface area (Å²) in [6.07, 6.45) is 0.550. The number of carbonyl (C=O) groups is 2. The van der Waals surface area contributed by atoms with Gasteiger partial charge in [-0.25, -0.2) is 4.79 Å². The van der Waals surface area contributed by atoms with Crippen LogP contribution >= 0.6 is 0 Å². The number of aliphatic hydroxyl groups is 1. The van der Waals surface area contributed by atoms with Crippen LogP contribution < -0.4 is 16.4 Å². The number of urea groups is 1. The van der Waals surface area contributed by atoms with Crippen LogP contribution in [-0.2, 0) is 4.79 Å². The summed E-state index contributed by atoms with van der Waals surface area (Å²) in [4.78, 5) is 21.5. The van der Waals surface area contributed by atoms with Crippen LogP contribution in [0.2, 0.25) is 0 Å². The molecule has 2 atom stereocenters. The highest BCUT2D eigenvalue weighted by molar-refractivity contribution is 5.96. The largest absolute Gasteiger partial charge is 0.396 e. The molecule has 0 aliphatic carbocycles. The molecule has 3 amide bonds. The van der Waals surface area contributed by atoms with Crippen molar-refractivity contribution in [3.63, 3.8) is 0 Å². The summed E-state index contributed by atoms with van der Waals surface area (Å²) in [5.41, 5.74) is 4.78. The van der Waals surface area contributed by atoms with Gasteiger partial charge in [-0.1, -0.05) is 0 Å². The van der Waals surface area contributed by atoms with Crippen LogP contribution in [0.5, 0.6) is 0 Å². The first-order valence-corrected chi connectivity index (χ1v) is 4.44. The molecule has 0 aliphatic heterocycles. The highest BCUT2D eigenvalue weighted by atomic mass is 16.3. The second-order valence-electron chi connectivity index (χ2n) is 3.16. The zero-order valence-corrected chi connectivity index (χ0v) is 8.41. The second-order valence-corrected chi connectivity index (χ2v) is 3.16. The van der Waals surface area contributed by atoms with Gasteiger partial charge in [0, 0.05) is 12.6 Å². The number of hydrogen-bond acceptors (Lipinski definition) is 4. The summed E-state index contributed by atoms with van der Waals surface area (Å²) in [5.74, 6) is -0.470. The van der Waals surface area contributed by atoms with Gasteiger partial charge in [0.15, 0.2) is 0 Å². The fourth-order valence-electron chi connectivity index (χ4n) is 1.01. The third kappa shape index (κ3) is 5.50. The summed E-state index contributed by atoms with van der Waals surface area (Å²) < 4.78 is 0. The summed E-state index contributed by atoms with van der Waals surface area (Å²) in [6, 6.07) is -1.36. The molecule has 0 bridgehead atoms. The van der Waals surface area contributed by atoms with E-state index < -0.39 is 18.0 Å². The van der Waals surface area contributed by atoms with Crippen LogP contribution in [0, 0.1) is 0 Å². The predicted octanol–water partition coefficient (Wildman–Crippen LogP) is -1.07. The molecule has 0 aromatic heterocycles. The molecule has 0 aromatic carbocycles. The third-order valence-electron chi connectivity index (χ3n) is 1.74. The van der Waals surface area contributed by atoms with Gasteiger partial charge in [0.2, 0.25) is 5.91 Å². The van der Waals surface area contributed by atoms with E-state index in [1.165, 1.54) is 0 Å². The molecule has 0 aromatic rings. The highest BCUT2D eigenvalue weighted by Gasteiger charge is 2.15. The molecule has 0 rings (SSSR count). The minimum atomic E-state index is -0.863. The van der Waals surface area contributed by atoms with Crippen molar-refractivity contribution in [2.45, 2.75) is 32.4 Å². The van der Waals surface area contributed by atoms with Gasteiger partial charge in [0.25, 0.3) is 0 Å². The Bertz CT molecular complexity index is 208. The van der Waals surface area contributed by atoms with Crippen LogP contribution in [-0.4, -0.2) is 35.7 Å². The molecule has 6 nitrogen and oxygen atoms in total. The zero-order valence-electron chi connectivity index (χ0n) is 8.41. The number of carbonyl (C=O) groups excluding carboxylic acids is 2. The fourth-order valence-corrected chi connectivity index (χ4v) is 1.01. The van der Waals surface area contributed by atoms with Crippen molar-refractivity contribution in [3.8, 4) is 0 Å². The van der Waals surface area contributed by atoms with Gasteiger partial charge >= 0.3 is 6.03 Å². The maximum absolute atomic E-state index is 11.2. The Morgan fingerprint density at radius 1 is 1.43 bits per heavy atom. The summed E-state index contributed by atoms with van der Waals surface area (Å²) in [5, 5.41) is 13.5. The smallest absolute Gasteiger partial charge is 0.318 e. The van der Waals surface area contributed by atoms with Gasteiger partial charge < -0.3 is 16.2 Å². The van der Waals surface area contributed by atoms with E-state index in [9.17, 15) is 9.59 Å². The summed E-state index contributed by atoms with van der Waals surface area (Å²) >= 11 is 0. The van der Waals surface area contributed by atoms with Crippen molar-refractivity contribution in [2.24, 2.45) is 5.73 Å². The van der Waals surface area contributed by atoms with Crippen molar-refractivity contribution < 1.29 is 14.7 Å². The van der Waals surface area contributed by atoms with E-state index in [2.05, 4.69) is 5.32 Å². The lowest BCUT2D eigenvalue weighted by Gasteiger charge is -2.17. The molecule has 6 heteroatoms. The van der Waals surface area contributed by atoms with E-state index in [-0.39, 0.29) is 12.6 Å². The molecule has 5 N–H and O–H groups in total. The normalized spacial score (nSPS) is 14.5. The Hall–Kier alpha value is -1.14. The molecule has 0 saturated carbocycles. The molecule has 0 aliphatic rings. The van der Waals surface area contributed by atoms with Crippen LogP contribution in [0.3, 0.4) is 0 Å². The van der Waals surface area contributed by atoms with Crippen LogP contribution in [0.1, 0.15) is 20.3 Å². The topological polar surface area (TPSA) is 104 Å². The van der Waals surface area contributed by atoms with E-state index in [0.717, 1.165) is 0 Å². The number of imide groups is 1. The minimum absolute atomic E-state index is 0.00799. The van der Waals surface area contributed by atoms with Crippen molar-refractivity contribution in [3.05, 3.63) is 0 Å². The zero-order chi connectivity index (χ0) is 11.1. The molecule has 14 heavy (non-hydrogen) atoms. The predicted molar refractivity (Wildman–Crippen MR) is 51.5 cm³/mol. The van der Waals surface area contributed by atoms with E-state index in [1.807, 2.05) is 12.2 Å². The molecular formula is C8H17N3O3. The maximum Gasteiger partial charge on any atom is 0.318 e. The van der Waals surface area contributed by atoms with Crippen LogP contribution in [0.15, 0.2) is 0 Å². The quantitative estimate of drug-likeness (QED) is 0.456. The lowest BCUT2D eigenvalue weighted by molar-refractivity contribution is -0.121. The van der Waals surface area contributed by atoms with Crippen molar-refractivity contribution in [2.75, 3.05) is 6.61 Å². The molecule has 0 spiro atoms. The number of primary amides is 1. The SMILES string of the molecule is CC(CCO)NC(C)C(=O)NC(N)=O. The Labute approximate surface area is 82.9 Å². The molecule has 0 fully saturated rings. The number of nitrogens with one attached hydrogen (secondary N) is 2. The number of hydrogen-bond donors (Lipinski definition) is 4. The van der Waals surface area contributed by atoms with Gasteiger partial charge in [-0.2, -0.15) is 0 Å². The second kappa shape index (κ2) is 6.33. The Balaban J connectivity index is 3.88. The monoisotopic (exact) mass is 203 g/mol. The van der Waals surface area contributed by atoms with Gasteiger partial charge in [-0.3, -0.25) is 10.1 Å². The van der Waals surface area contributed by atoms with Gasteiger partial charge in [-0.05, 0) is 20.3 Å². The Morgan fingerprint density at radius 3 is 2.43 bits per heavy atom. The highest BCUT2D eigenvalue weighted by Crippen LogP contribution is 1.92. The lowest BCUT2D eigenvalue weighted by atomic mass is 10.2. The first-order valence-electron chi connectivity index (χ1n) is 4.44. The summed E-state index contributed by atoms with van der Waals surface area (Å²) in [6.45, 7) is 3.51. The molecule has 2 unspecified atom stereocenters. The number of nitrogens with two attached hydrogens (primary N) is 1. The van der Waals surface area contributed by atoms with E-state index >= 15 is 0 Å². The van der Waals surface area contributed by atoms with E-state index in [0.29, 0.717) is 6.42 Å². The van der Waals surface area contributed by atoms with Gasteiger partial charge in [-0.15, -0.1) is 0 Å². The Morgan fingerprint density at radius 2 is 2.00 bits per heavy atom. The first kappa shape index (κ1) is 12.9. The summed E-state index contributed by atoms with van der Waals surface area (Å²) in [7, 11) is 0. The Kier molecular flexibility index (Phi) is 5.82. The van der Waals surface area contributed by atoms with Crippen molar-refractivity contribution in [1.29, 1.82) is 0 Å². The third-order valence-corrected chi connectivity index (χ3v) is 1.74.